The molecular weight excluding hydrogens is 431 g/mol. The molecule has 3 rings (SSSR count). The van der Waals surface area contributed by atoms with Crippen LogP contribution < -0.4 is 5.32 Å². The molecule has 166 valence electrons. The number of carbonyl (C=O) groups is 2. The summed E-state index contributed by atoms with van der Waals surface area (Å²) in [7, 11) is 0. The highest BCUT2D eigenvalue weighted by atomic mass is 35.5. The summed E-state index contributed by atoms with van der Waals surface area (Å²) < 4.78 is 0. The van der Waals surface area contributed by atoms with Gasteiger partial charge in [-0.2, -0.15) is 0 Å². The van der Waals surface area contributed by atoms with E-state index in [1.807, 2.05) is 37.3 Å². The fourth-order valence-electron chi connectivity index (χ4n) is 4.08. The average molecular weight is 461 g/mol. The minimum Gasteiger partial charge on any atom is -0.352 e. The molecule has 4 nitrogen and oxygen atoms in total. The number of hydrogen-bond acceptors (Lipinski definition) is 2. The van der Waals surface area contributed by atoms with Crippen LogP contribution in [0.4, 0.5) is 0 Å². The average Bonchev–Trinajstić information content (AvgIpc) is 2.74. The molecule has 1 saturated carbocycles. The summed E-state index contributed by atoms with van der Waals surface area (Å²) in [4.78, 5) is 28.0. The third-order valence-electron chi connectivity index (χ3n) is 5.89. The molecule has 2 amide bonds. The van der Waals surface area contributed by atoms with Crippen LogP contribution in [0.3, 0.4) is 0 Å². The number of carbonyl (C=O) groups excluding carboxylic acids is 2. The number of nitrogens with zero attached hydrogens (tertiary/aromatic N) is 1. The first-order valence-corrected chi connectivity index (χ1v) is 11.7. The van der Waals surface area contributed by atoms with Crippen LogP contribution in [0.25, 0.3) is 0 Å². The molecule has 31 heavy (non-hydrogen) atoms. The molecule has 0 aliphatic heterocycles. The topological polar surface area (TPSA) is 49.4 Å². The van der Waals surface area contributed by atoms with E-state index in [4.69, 9.17) is 23.2 Å². The Hall–Kier alpha value is -2.04. The maximum atomic E-state index is 13.3. The maximum absolute atomic E-state index is 13.3. The normalized spacial score (nSPS) is 15.4. The van der Waals surface area contributed by atoms with Crippen LogP contribution >= 0.6 is 23.2 Å². The van der Waals surface area contributed by atoms with Crippen molar-refractivity contribution in [2.24, 2.45) is 0 Å². The predicted molar refractivity (Wildman–Crippen MR) is 126 cm³/mol. The molecule has 0 spiro atoms. The number of hydrogen-bond donors (Lipinski definition) is 1. The van der Waals surface area contributed by atoms with Crippen LogP contribution in [0.15, 0.2) is 42.5 Å². The van der Waals surface area contributed by atoms with E-state index >= 15 is 0 Å². The highest BCUT2D eigenvalue weighted by molar-refractivity contribution is 6.42. The molecular formula is C25H30Cl2N2O2. The lowest BCUT2D eigenvalue weighted by Gasteiger charge is -2.31. The molecule has 2 aromatic carbocycles. The molecule has 1 fully saturated rings. The first-order chi connectivity index (χ1) is 14.8. The van der Waals surface area contributed by atoms with E-state index in [0.717, 1.165) is 42.4 Å². The number of aryl methyl sites for hydroxylation is 1. The summed E-state index contributed by atoms with van der Waals surface area (Å²) >= 11 is 12.2. The number of amides is 2. The van der Waals surface area contributed by atoms with Crippen LogP contribution in [0.5, 0.6) is 0 Å². The van der Waals surface area contributed by atoms with E-state index in [9.17, 15) is 9.59 Å². The second kappa shape index (κ2) is 11.0. The quantitative estimate of drug-likeness (QED) is 0.574. The van der Waals surface area contributed by atoms with Gasteiger partial charge in [-0.1, -0.05) is 78.4 Å². The zero-order chi connectivity index (χ0) is 22.4. The summed E-state index contributed by atoms with van der Waals surface area (Å²) in [5.41, 5.74) is 2.87. The van der Waals surface area contributed by atoms with Gasteiger partial charge in [-0.05, 0) is 49.9 Å². The monoisotopic (exact) mass is 460 g/mol. The van der Waals surface area contributed by atoms with Gasteiger partial charge in [0, 0.05) is 12.6 Å². The van der Waals surface area contributed by atoms with E-state index in [0.29, 0.717) is 16.6 Å². The Labute approximate surface area is 194 Å². The first kappa shape index (κ1) is 23.6. The fourth-order valence-corrected chi connectivity index (χ4v) is 4.40. The van der Waals surface area contributed by atoms with Crippen LogP contribution in [0.1, 0.15) is 55.7 Å². The second-order valence-electron chi connectivity index (χ2n) is 8.46. The Morgan fingerprint density at radius 3 is 2.45 bits per heavy atom. The van der Waals surface area contributed by atoms with Gasteiger partial charge in [0.15, 0.2) is 0 Å². The molecule has 1 N–H and O–H groups in total. The molecule has 0 heterocycles. The van der Waals surface area contributed by atoms with E-state index in [2.05, 4.69) is 5.32 Å². The van der Waals surface area contributed by atoms with Crippen molar-refractivity contribution in [2.45, 2.75) is 71.0 Å². The van der Waals surface area contributed by atoms with Crippen molar-refractivity contribution in [1.82, 2.24) is 10.2 Å². The van der Waals surface area contributed by atoms with Gasteiger partial charge in [-0.15, -0.1) is 0 Å². The molecule has 0 unspecified atom stereocenters. The minimum atomic E-state index is -0.589. The third kappa shape index (κ3) is 6.72. The van der Waals surface area contributed by atoms with E-state index in [1.54, 1.807) is 24.0 Å². The maximum Gasteiger partial charge on any atom is 0.242 e. The smallest absolute Gasteiger partial charge is 0.242 e. The fraction of sp³-hybridized carbons (Fsp3) is 0.440. The summed E-state index contributed by atoms with van der Waals surface area (Å²) in [6.45, 7) is 4.09. The Morgan fingerprint density at radius 2 is 1.77 bits per heavy atom. The lowest BCUT2D eigenvalue weighted by molar-refractivity contribution is -0.140. The molecule has 1 aliphatic carbocycles. The van der Waals surface area contributed by atoms with Crippen molar-refractivity contribution < 1.29 is 9.59 Å². The summed E-state index contributed by atoms with van der Waals surface area (Å²) in [5, 5.41) is 4.05. The van der Waals surface area contributed by atoms with Crippen molar-refractivity contribution in [1.29, 1.82) is 0 Å². The molecule has 1 aliphatic rings. The molecule has 0 bridgehead atoms. The van der Waals surface area contributed by atoms with Gasteiger partial charge in [0.25, 0.3) is 0 Å². The highest BCUT2D eigenvalue weighted by Gasteiger charge is 2.28. The molecule has 1 atom stereocenters. The van der Waals surface area contributed by atoms with Gasteiger partial charge in [0.1, 0.15) is 6.04 Å². The minimum absolute atomic E-state index is 0.0945. The first-order valence-electron chi connectivity index (χ1n) is 10.9. The third-order valence-corrected chi connectivity index (χ3v) is 6.63. The molecule has 0 saturated heterocycles. The Balaban J connectivity index is 1.78. The second-order valence-corrected chi connectivity index (χ2v) is 9.27. The van der Waals surface area contributed by atoms with Crippen LogP contribution in [-0.4, -0.2) is 28.8 Å². The van der Waals surface area contributed by atoms with Gasteiger partial charge in [0.05, 0.1) is 16.5 Å². The lowest BCUT2D eigenvalue weighted by Crippen LogP contribution is -2.50. The number of rotatable bonds is 7. The Kier molecular flexibility index (Phi) is 8.39. The number of benzene rings is 2. The SMILES string of the molecule is Cc1cccc(CC(=O)N(Cc2ccc(Cl)c(Cl)c2)[C@H](C)C(=O)NC2CCCCC2)c1. The summed E-state index contributed by atoms with van der Waals surface area (Å²) in [6.07, 6.45) is 5.74. The number of halogens is 2. The molecule has 0 aromatic heterocycles. The van der Waals surface area contributed by atoms with E-state index < -0.39 is 6.04 Å². The van der Waals surface area contributed by atoms with Crippen molar-refractivity contribution in [3.63, 3.8) is 0 Å². The largest absolute Gasteiger partial charge is 0.352 e. The van der Waals surface area contributed by atoms with Crippen LogP contribution in [0.2, 0.25) is 10.0 Å². The van der Waals surface area contributed by atoms with Crippen molar-refractivity contribution in [3.05, 3.63) is 69.2 Å². The van der Waals surface area contributed by atoms with Crippen LogP contribution in [0, 0.1) is 6.92 Å². The van der Waals surface area contributed by atoms with E-state index in [1.165, 1.54) is 6.42 Å². The molecule has 0 radical (unpaired) electrons. The van der Waals surface area contributed by atoms with Crippen molar-refractivity contribution in [3.8, 4) is 0 Å². The highest BCUT2D eigenvalue weighted by Crippen LogP contribution is 2.24. The lowest BCUT2D eigenvalue weighted by atomic mass is 9.95. The predicted octanol–water partition coefficient (Wildman–Crippen LogP) is 5.71. The Morgan fingerprint density at radius 1 is 1.03 bits per heavy atom. The van der Waals surface area contributed by atoms with Gasteiger partial charge in [-0.3, -0.25) is 9.59 Å². The van der Waals surface area contributed by atoms with E-state index in [-0.39, 0.29) is 24.3 Å². The summed E-state index contributed by atoms with van der Waals surface area (Å²) in [5.74, 6) is -0.201. The summed E-state index contributed by atoms with van der Waals surface area (Å²) in [6, 6.07) is 12.8. The van der Waals surface area contributed by atoms with Gasteiger partial charge in [0.2, 0.25) is 11.8 Å². The Bertz CT molecular complexity index is 925. The van der Waals surface area contributed by atoms with Crippen LogP contribution in [-0.2, 0) is 22.6 Å². The zero-order valence-corrected chi connectivity index (χ0v) is 19.7. The van der Waals surface area contributed by atoms with Gasteiger partial charge < -0.3 is 10.2 Å². The van der Waals surface area contributed by atoms with Gasteiger partial charge in [-0.25, -0.2) is 0 Å². The molecule has 6 heteroatoms. The van der Waals surface area contributed by atoms with Crippen molar-refractivity contribution >= 4 is 35.0 Å². The number of nitrogens with one attached hydrogen (secondary N) is 1. The van der Waals surface area contributed by atoms with Gasteiger partial charge >= 0.3 is 0 Å². The van der Waals surface area contributed by atoms with Crippen molar-refractivity contribution in [2.75, 3.05) is 0 Å². The molecule has 2 aromatic rings. The zero-order valence-electron chi connectivity index (χ0n) is 18.2. The standard InChI is InChI=1S/C25H30Cl2N2O2/c1-17-7-6-8-19(13-17)15-24(30)29(16-20-11-12-22(26)23(27)14-20)18(2)25(31)28-21-9-4-3-5-10-21/h6-8,11-14,18,21H,3-5,9-10,15-16H2,1-2H3,(H,28,31)/t18-/m1/s1.